The largest absolute Gasteiger partial charge is 0.340 e. The second-order valence-electron chi connectivity index (χ2n) is 5.34. The zero-order chi connectivity index (χ0) is 18.1. The Bertz CT molecular complexity index is 744. The number of likely N-dealkylation sites (N-methyl/N-ethyl adjacent to an activating group) is 1. The topological polar surface area (TPSA) is 73.2 Å². The molecule has 2 amide bonds. The van der Waals surface area contributed by atoms with E-state index in [1.54, 1.807) is 42.2 Å². The molecule has 0 unspecified atom stereocenters. The second kappa shape index (κ2) is 9.50. The minimum atomic E-state index is -0.742. The highest BCUT2D eigenvalue weighted by Gasteiger charge is 2.24. The second-order valence-corrected chi connectivity index (χ2v) is 6.51. The van der Waals surface area contributed by atoms with Gasteiger partial charge in [0.15, 0.2) is 6.19 Å². The van der Waals surface area contributed by atoms with Gasteiger partial charge in [0.2, 0.25) is 0 Å². The maximum absolute atomic E-state index is 12.4. The van der Waals surface area contributed by atoms with Crippen LogP contribution < -0.4 is 5.32 Å². The normalized spacial score (nSPS) is 11.2. The van der Waals surface area contributed by atoms with Crippen LogP contribution in [0.1, 0.15) is 16.8 Å². The number of hydrogen-bond acceptors (Lipinski definition) is 4. The summed E-state index contributed by atoms with van der Waals surface area (Å²) in [7, 11) is 1.40. The summed E-state index contributed by atoms with van der Waals surface area (Å²) < 4.78 is 0. The summed E-state index contributed by atoms with van der Waals surface area (Å²) in [6.07, 6.45) is 2.23. The van der Waals surface area contributed by atoms with Crippen molar-refractivity contribution in [1.29, 1.82) is 5.26 Å². The zero-order valence-electron chi connectivity index (χ0n) is 13.9. The van der Waals surface area contributed by atoms with Crippen molar-refractivity contribution < 1.29 is 9.59 Å². The minimum absolute atomic E-state index is 0.324. The van der Waals surface area contributed by atoms with E-state index in [9.17, 15) is 9.59 Å². The Morgan fingerprint density at radius 3 is 2.32 bits per heavy atom. The molecule has 0 bridgehead atoms. The van der Waals surface area contributed by atoms with E-state index in [1.807, 2.05) is 36.4 Å². The molecule has 0 aliphatic carbocycles. The highest BCUT2D eigenvalue weighted by molar-refractivity contribution is 7.99. The Labute approximate surface area is 151 Å². The van der Waals surface area contributed by atoms with Crippen LogP contribution in [0.15, 0.2) is 65.6 Å². The molecule has 2 rings (SSSR count). The number of benzene rings is 2. The monoisotopic (exact) mass is 353 g/mol. The molecule has 0 aromatic heterocycles. The van der Waals surface area contributed by atoms with Crippen molar-refractivity contribution in [3.05, 3.63) is 66.2 Å². The van der Waals surface area contributed by atoms with Crippen LogP contribution in [0.2, 0.25) is 0 Å². The number of nitrogens with zero attached hydrogens (tertiary/aromatic N) is 2. The van der Waals surface area contributed by atoms with E-state index in [0.717, 1.165) is 9.80 Å². The van der Waals surface area contributed by atoms with Crippen LogP contribution in [0, 0.1) is 11.5 Å². The summed E-state index contributed by atoms with van der Waals surface area (Å²) >= 11 is 1.60. The lowest BCUT2D eigenvalue weighted by atomic mass is 10.1. The van der Waals surface area contributed by atoms with E-state index < -0.39 is 11.9 Å². The molecular formula is C19H19N3O2S. The van der Waals surface area contributed by atoms with Gasteiger partial charge in [-0.1, -0.05) is 36.4 Å². The lowest BCUT2D eigenvalue weighted by molar-refractivity contribution is -0.129. The van der Waals surface area contributed by atoms with E-state index >= 15 is 0 Å². The molecular weight excluding hydrogens is 334 g/mol. The first kappa shape index (κ1) is 18.6. The van der Waals surface area contributed by atoms with Gasteiger partial charge in [-0.25, -0.2) is 0 Å². The van der Waals surface area contributed by atoms with Gasteiger partial charge < -0.3 is 5.32 Å². The van der Waals surface area contributed by atoms with Gasteiger partial charge in [0, 0.05) is 23.3 Å². The Morgan fingerprint density at radius 1 is 1.12 bits per heavy atom. The zero-order valence-corrected chi connectivity index (χ0v) is 14.7. The number of rotatable bonds is 7. The van der Waals surface area contributed by atoms with E-state index in [-0.39, 0.29) is 5.91 Å². The number of amides is 2. The van der Waals surface area contributed by atoms with Gasteiger partial charge in [0.05, 0.1) is 0 Å². The SMILES string of the molecule is CN(C#N)C(=O)[C@@H](CCSc1ccccc1)NC(=O)c1ccccc1. The lowest BCUT2D eigenvalue weighted by Gasteiger charge is -2.20. The average molecular weight is 353 g/mol. The first-order valence-electron chi connectivity index (χ1n) is 7.83. The molecule has 5 nitrogen and oxygen atoms in total. The summed E-state index contributed by atoms with van der Waals surface area (Å²) in [6.45, 7) is 0. The van der Waals surface area contributed by atoms with Crippen LogP contribution in [0.4, 0.5) is 0 Å². The highest BCUT2D eigenvalue weighted by Crippen LogP contribution is 2.19. The van der Waals surface area contributed by atoms with Crippen molar-refractivity contribution in [3.8, 4) is 6.19 Å². The number of nitrogens with one attached hydrogen (secondary N) is 1. The van der Waals surface area contributed by atoms with Crippen LogP contribution in [0.3, 0.4) is 0 Å². The van der Waals surface area contributed by atoms with Gasteiger partial charge in [-0.3, -0.25) is 14.5 Å². The lowest BCUT2D eigenvalue weighted by Crippen LogP contribution is -2.46. The number of thioether (sulfide) groups is 1. The van der Waals surface area contributed by atoms with Crippen molar-refractivity contribution in [2.75, 3.05) is 12.8 Å². The number of carbonyl (C=O) groups excluding carboxylic acids is 2. The van der Waals surface area contributed by atoms with Gasteiger partial charge in [-0.15, -0.1) is 11.8 Å². The molecule has 6 heteroatoms. The van der Waals surface area contributed by atoms with Gasteiger partial charge in [0.1, 0.15) is 6.04 Å². The van der Waals surface area contributed by atoms with Gasteiger partial charge >= 0.3 is 0 Å². The summed E-state index contributed by atoms with van der Waals surface area (Å²) in [5, 5.41) is 11.7. The summed E-state index contributed by atoms with van der Waals surface area (Å²) in [5.41, 5.74) is 0.482. The molecule has 2 aromatic rings. The summed E-state index contributed by atoms with van der Waals surface area (Å²) in [4.78, 5) is 26.7. The maximum atomic E-state index is 12.4. The van der Waals surface area contributed by atoms with Crippen molar-refractivity contribution in [2.45, 2.75) is 17.4 Å². The Kier molecular flexibility index (Phi) is 7.05. The van der Waals surface area contributed by atoms with Gasteiger partial charge in [0.25, 0.3) is 11.8 Å². The minimum Gasteiger partial charge on any atom is -0.340 e. The average Bonchev–Trinajstić information content (AvgIpc) is 2.67. The number of hydrogen-bond donors (Lipinski definition) is 1. The molecule has 0 aliphatic rings. The molecule has 25 heavy (non-hydrogen) atoms. The fraction of sp³-hybridized carbons (Fsp3) is 0.211. The predicted octanol–water partition coefficient (Wildman–Crippen LogP) is 2.91. The summed E-state index contributed by atoms with van der Waals surface area (Å²) in [5.74, 6) is -0.0928. The number of carbonyl (C=O) groups is 2. The van der Waals surface area contributed by atoms with Crippen LogP contribution in [0.25, 0.3) is 0 Å². The Balaban J connectivity index is 2.01. The maximum Gasteiger partial charge on any atom is 0.257 e. The molecule has 2 aromatic carbocycles. The van der Waals surface area contributed by atoms with Crippen molar-refractivity contribution in [3.63, 3.8) is 0 Å². The highest BCUT2D eigenvalue weighted by atomic mass is 32.2. The summed E-state index contributed by atoms with van der Waals surface area (Å²) in [6, 6.07) is 17.8. The smallest absolute Gasteiger partial charge is 0.257 e. The molecule has 0 spiro atoms. The Hall–Kier alpha value is -2.78. The molecule has 0 fully saturated rings. The molecule has 128 valence electrons. The van der Waals surface area contributed by atoms with Crippen molar-refractivity contribution >= 4 is 23.6 Å². The molecule has 1 N–H and O–H groups in total. The van der Waals surface area contributed by atoms with Gasteiger partial charge in [-0.2, -0.15) is 5.26 Å². The van der Waals surface area contributed by atoms with Crippen LogP contribution in [-0.2, 0) is 4.79 Å². The van der Waals surface area contributed by atoms with Crippen LogP contribution in [-0.4, -0.2) is 35.6 Å². The first-order chi connectivity index (χ1) is 12.1. The molecule has 0 radical (unpaired) electrons. The van der Waals surface area contributed by atoms with Crippen molar-refractivity contribution in [2.24, 2.45) is 0 Å². The molecule has 1 atom stereocenters. The standard InChI is InChI=1S/C19H19N3O2S/c1-22(14-20)19(24)17(12-13-25-16-10-6-3-7-11-16)21-18(23)15-8-4-2-5-9-15/h2-11,17H,12-13H2,1H3,(H,21,23)/t17-/m1/s1. The predicted molar refractivity (Wildman–Crippen MR) is 97.9 cm³/mol. The van der Waals surface area contributed by atoms with Crippen LogP contribution in [0.5, 0.6) is 0 Å². The first-order valence-corrected chi connectivity index (χ1v) is 8.81. The fourth-order valence-electron chi connectivity index (χ4n) is 2.18. The van der Waals surface area contributed by atoms with E-state index in [4.69, 9.17) is 5.26 Å². The molecule has 0 aliphatic heterocycles. The Morgan fingerprint density at radius 2 is 1.72 bits per heavy atom. The van der Waals surface area contributed by atoms with E-state index in [1.165, 1.54) is 7.05 Å². The molecule has 0 saturated carbocycles. The van der Waals surface area contributed by atoms with E-state index in [0.29, 0.717) is 17.7 Å². The fourth-order valence-corrected chi connectivity index (χ4v) is 3.12. The third kappa shape index (κ3) is 5.66. The quantitative estimate of drug-likeness (QED) is 0.472. The molecule has 0 heterocycles. The van der Waals surface area contributed by atoms with Crippen LogP contribution >= 0.6 is 11.8 Å². The third-order valence-corrected chi connectivity index (χ3v) is 4.58. The van der Waals surface area contributed by atoms with E-state index in [2.05, 4.69) is 5.32 Å². The third-order valence-electron chi connectivity index (χ3n) is 3.54. The number of nitriles is 1. The van der Waals surface area contributed by atoms with Crippen molar-refractivity contribution in [1.82, 2.24) is 10.2 Å². The van der Waals surface area contributed by atoms with Gasteiger partial charge in [-0.05, 0) is 30.7 Å². The molecule has 0 saturated heterocycles.